The molecule has 2 amide bonds. The molecule has 1 aromatic carbocycles. The molecule has 2 aliphatic rings. The molecule has 0 aliphatic carbocycles. The highest BCUT2D eigenvalue weighted by Crippen LogP contribution is 2.42. The molecule has 6 heteroatoms. The second-order valence-electron chi connectivity index (χ2n) is 5.22. The van der Waals surface area contributed by atoms with Gasteiger partial charge in [-0.2, -0.15) is 0 Å². The van der Waals surface area contributed by atoms with Gasteiger partial charge in [0.25, 0.3) is 0 Å². The van der Waals surface area contributed by atoms with Crippen LogP contribution in [0.25, 0.3) is 0 Å². The van der Waals surface area contributed by atoms with Crippen molar-refractivity contribution in [1.82, 2.24) is 5.32 Å². The van der Waals surface area contributed by atoms with Gasteiger partial charge in [0.2, 0.25) is 11.8 Å². The predicted molar refractivity (Wildman–Crippen MR) is 80.3 cm³/mol. The summed E-state index contributed by atoms with van der Waals surface area (Å²) in [4.78, 5) is 26.2. The van der Waals surface area contributed by atoms with Gasteiger partial charge in [0.15, 0.2) is 0 Å². The number of anilines is 1. The van der Waals surface area contributed by atoms with Gasteiger partial charge in [-0.3, -0.25) is 14.5 Å². The van der Waals surface area contributed by atoms with Crippen LogP contribution in [0.15, 0.2) is 24.3 Å². The maximum atomic E-state index is 12.6. The number of amides is 2. The lowest BCUT2D eigenvalue weighted by atomic mass is 9.77. The molecule has 2 aliphatic heterocycles. The Balaban J connectivity index is 0.00000147. The van der Waals surface area contributed by atoms with Crippen molar-refractivity contribution in [3.05, 3.63) is 29.3 Å². The van der Waals surface area contributed by atoms with Gasteiger partial charge in [-0.05, 0) is 44.1 Å². The Kier molecular flexibility index (Phi) is 4.37. The Hall–Kier alpha value is -1.10. The first-order chi connectivity index (χ1) is 9.12. The van der Waals surface area contributed by atoms with E-state index in [4.69, 9.17) is 11.6 Å². The van der Waals surface area contributed by atoms with Crippen molar-refractivity contribution in [3.8, 4) is 0 Å². The third kappa shape index (κ3) is 2.43. The third-order valence-corrected chi connectivity index (χ3v) is 4.26. The quantitative estimate of drug-likeness (QED) is 0.810. The minimum absolute atomic E-state index is 0. The zero-order valence-corrected chi connectivity index (χ0v) is 12.5. The van der Waals surface area contributed by atoms with Crippen LogP contribution in [-0.4, -0.2) is 24.9 Å². The minimum atomic E-state index is -0.495. The van der Waals surface area contributed by atoms with Crippen LogP contribution in [0.5, 0.6) is 0 Å². The lowest BCUT2D eigenvalue weighted by molar-refractivity contribution is -0.126. The highest BCUT2D eigenvalue weighted by Gasteiger charge is 2.52. The fourth-order valence-corrected chi connectivity index (χ4v) is 3.15. The Morgan fingerprint density at radius 1 is 1.20 bits per heavy atom. The molecule has 4 nitrogen and oxygen atoms in total. The van der Waals surface area contributed by atoms with Gasteiger partial charge in [0.05, 0.1) is 11.1 Å². The van der Waals surface area contributed by atoms with E-state index < -0.39 is 5.41 Å². The summed E-state index contributed by atoms with van der Waals surface area (Å²) in [7, 11) is 0. The van der Waals surface area contributed by atoms with Crippen LogP contribution >= 0.6 is 24.0 Å². The molecule has 0 unspecified atom stereocenters. The van der Waals surface area contributed by atoms with Crippen LogP contribution in [0, 0.1) is 5.41 Å². The molecular formula is C14H16Cl2N2O2. The van der Waals surface area contributed by atoms with Gasteiger partial charge in [0, 0.05) is 11.4 Å². The van der Waals surface area contributed by atoms with Crippen molar-refractivity contribution in [1.29, 1.82) is 0 Å². The summed E-state index contributed by atoms with van der Waals surface area (Å²) in [6.07, 6.45) is 1.78. The normalized spacial score (nSPS) is 21.1. The zero-order chi connectivity index (χ0) is 13.5. The van der Waals surface area contributed by atoms with Gasteiger partial charge >= 0.3 is 0 Å². The summed E-state index contributed by atoms with van der Waals surface area (Å²) in [6, 6.07) is 6.90. The van der Waals surface area contributed by atoms with E-state index in [2.05, 4.69) is 5.32 Å². The van der Waals surface area contributed by atoms with Crippen LogP contribution in [0.1, 0.15) is 19.3 Å². The fourth-order valence-electron chi connectivity index (χ4n) is 2.97. The molecule has 0 saturated carbocycles. The maximum absolute atomic E-state index is 12.6. The third-order valence-electron chi connectivity index (χ3n) is 4.02. The maximum Gasteiger partial charge on any atom is 0.240 e. The van der Waals surface area contributed by atoms with E-state index in [-0.39, 0.29) is 24.2 Å². The van der Waals surface area contributed by atoms with Crippen molar-refractivity contribution in [3.63, 3.8) is 0 Å². The summed E-state index contributed by atoms with van der Waals surface area (Å²) >= 11 is 5.94. The Morgan fingerprint density at radius 3 is 2.55 bits per heavy atom. The standard InChI is InChI=1S/C14H15ClN2O2.ClH/c15-10-2-1-3-11(8-10)17-12(18)9-14(13(17)19)4-6-16-7-5-14;/h1-3,8,16H,4-7,9H2;1H. The highest BCUT2D eigenvalue weighted by atomic mass is 35.5. The molecular weight excluding hydrogens is 299 g/mol. The fraction of sp³-hybridized carbons (Fsp3) is 0.429. The van der Waals surface area contributed by atoms with Crippen molar-refractivity contribution in [2.24, 2.45) is 5.41 Å². The Labute approximate surface area is 128 Å². The van der Waals surface area contributed by atoms with Gasteiger partial charge in [-0.25, -0.2) is 0 Å². The smallest absolute Gasteiger partial charge is 0.240 e. The molecule has 3 rings (SSSR count). The Morgan fingerprint density at radius 2 is 1.90 bits per heavy atom. The first-order valence-electron chi connectivity index (χ1n) is 6.46. The molecule has 1 N–H and O–H groups in total. The molecule has 1 spiro atoms. The molecule has 1 aromatic rings. The summed E-state index contributed by atoms with van der Waals surface area (Å²) < 4.78 is 0. The number of hydrogen-bond donors (Lipinski definition) is 1. The topological polar surface area (TPSA) is 49.4 Å². The van der Waals surface area contributed by atoms with Crippen molar-refractivity contribution < 1.29 is 9.59 Å². The average molecular weight is 315 g/mol. The monoisotopic (exact) mass is 314 g/mol. The number of halogens is 2. The molecule has 2 fully saturated rings. The number of imide groups is 1. The molecule has 0 radical (unpaired) electrons. The molecule has 2 saturated heterocycles. The molecule has 0 atom stereocenters. The van der Waals surface area contributed by atoms with E-state index >= 15 is 0 Å². The van der Waals surface area contributed by atoms with Crippen LogP contribution < -0.4 is 10.2 Å². The van der Waals surface area contributed by atoms with E-state index in [1.54, 1.807) is 24.3 Å². The number of nitrogens with one attached hydrogen (secondary N) is 1. The van der Waals surface area contributed by atoms with Gasteiger partial charge in [0.1, 0.15) is 0 Å². The second-order valence-corrected chi connectivity index (χ2v) is 5.66. The summed E-state index contributed by atoms with van der Waals surface area (Å²) in [5.41, 5.74) is 0.0860. The summed E-state index contributed by atoms with van der Waals surface area (Å²) in [6.45, 7) is 1.59. The van der Waals surface area contributed by atoms with Crippen molar-refractivity contribution in [2.75, 3.05) is 18.0 Å². The van der Waals surface area contributed by atoms with Crippen molar-refractivity contribution in [2.45, 2.75) is 19.3 Å². The first kappa shape index (κ1) is 15.3. The molecule has 2 heterocycles. The zero-order valence-electron chi connectivity index (χ0n) is 10.9. The van der Waals surface area contributed by atoms with Crippen molar-refractivity contribution >= 4 is 41.5 Å². The molecule has 0 aromatic heterocycles. The number of carbonyl (C=O) groups excluding carboxylic acids is 2. The molecule has 0 bridgehead atoms. The molecule has 108 valence electrons. The van der Waals surface area contributed by atoms with Gasteiger partial charge in [-0.1, -0.05) is 17.7 Å². The number of hydrogen-bond acceptors (Lipinski definition) is 3. The van der Waals surface area contributed by atoms with E-state index in [0.717, 1.165) is 25.9 Å². The largest absolute Gasteiger partial charge is 0.317 e. The van der Waals surface area contributed by atoms with Crippen LogP contribution in [0.4, 0.5) is 5.69 Å². The number of nitrogens with zero attached hydrogens (tertiary/aromatic N) is 1. The first-order valence-corrected chi connectivity index (χ1v) is 6.84. The van der Waals surface area contributed by atoms with E-state index in [0.29, 0.717) is 17.1 Å². The second kappa shape index (κ2) is 5.72. The number of carbonyl (C=O) groups is 2. The number of piperidine rings is 1. The van der Waals surface area contributed by atoms with Crippen LogP contribution in [-0.2, 0) is 9.59 Å². The lowest BCUT2D eigenvalue weighted by Crippen LogP contribution is -2.42. The van der Waals surface area contributed by atoms with Crippen LogP contribution in [0.3, 0.4) is 0 Å². The minimum Gasteiger partial charge on any atom is -0.317 e. The van der Waals surface area contributed by atoms with Gasteiger partial charge < -0.3 is 5.32 Å². The predicted octanol–water partition coefficient (Wildman–Crippen LogP) is 2.39. The van der Waals surface area contributed by atoms with E-state index in [1.807, 2.05) is 0 Å². The summed E-state index contributed by atoms with van der Waals surface area (Å²) in [5, 5.41) is 3.76. The molecule has 20 heavy (non-hydrogen) atoms. The highest BCUT2D eigenvalue weighted by molar-refractivity contribution is 6.31. The van der Waals surface area contributed by atoms with E-state index in [1.165, 1.54) is 4.90 Å². The van der Waals surface area contributed by atoms with E-state index in [9.17, 15) is 9.59 Å². The average Bonchev–Trinajstić information content (AvgIpc) is 2.62. The lowest BCUT2D eigenvalue weighted by Gasteiger charge is -2.31. The number of benzene rings is 1. The summed E-state index contributed by atoms with van der Waals surface area (Å²) in [5.74, 6) is -0.185. The Bertz CT molecular complexity index is 542. The number of rotatable bonds is 1. The van der Waals surface area contributed by atoms with Crippen LogP contribution in [0.2, 0.25) is 5.02 Å². The SMILES string of the molecule is Cl.O=C1CC2(CCNCC2)C(=O)N1c1cccc(Cl)c1. The van der Waals surface area contributed by atoms with Gasteiger partial charge in [-0.15, -0.1) is 12.4 Å².